The zero-order valence-corrected chi connectivity index (χ0v) is 21.1. The molecule has 1 amide bonds. The lowest BCUT2D eigenvalue weighted by Gasteiger charge is -2.11. The Labute approximate surface area is 219 Å². The molecule has 37 heavy (non-hydrogen) atoms. The molecule has 0 radical (unpaired) electrons. The second-order valence-corrected chi connectivity index (χ2v) is 9.01. The molecule has 13 heteroatoms. The molecule has 2 aromatic carbocycles. The van der Waals surface area contributed by atoms with Gasteiger partial charge in [-0.2, -0.15) is 0 Å². The van der Waals surface area contributed by atoms with Gasteiger partial charge in [0, 0.05) is 34.6 Å². The molecular formula is C24H21ClN6O5S. The van der Waals surface area contributed by atoms with Crippen LogP contribution in [-0.4, -0.2) is 49.0 Å². The van der Waals surface area contributed by atoms with Crippen molar-refractivity contribution in [2.45, 2.75) is 18.5 Å². The number of ether oxygens (including phenoxy) is 1. The molecule has 0 saturated heterocycles. The molecule has 0 aliphatic rings. The Morgan fingerprint density at radius 3 is 2.46 bits per heavy atom. The third kappa shape index (κ3) is 6.74. The van der Waals surface area contributed by atoms with E-state index in [9.17, 15) is 19.2 Å². The number of esters is 1. The maximum Gasteiger partial charge on any atom is 0.338 e. The van der Waals surface area contributed by atoms with Crippen molar-refractivity contribution in [1.29, 1.82) is 0 Å². The van der Waals surface area contributed by atoms with Crippen LogP contribution < -0.4 is 16.6 Å². The normalized spacial score (nSPS) is 10.8. The summed E-state index contributed by atoms with van der Waals surface area (Å²) in [5, 5.41) is 12.2. The summed E-state index contributed by atoms with van der Waals surface area (Å²) < 4.78 is 6.68. The number of nitrogens with zero attached hydrogens (tertiary/aromatic N) is 3. The lowest BCUT2D eigenvalue weighted by Crippen LogP contribution is -2.23. The summed E-state index contributed by atoms with van der Waals surface area (Å²) in [5.74, 6) is -0.258. The van der Waals surface area contributed by atoms with Gasteiger partial charge in [-0.05, 0) is 55.5 Å². The highest BCUT2D eigenvalue weighted by Crippen LogP contribution is 2.24. The van der Waals surface area contributed by atoms with E-state index in [0.29, 0.717) is 38.6 Å². The van der Waals surface area contributed by atoms with Crippen LogP contribution in [0.2, 0.25) is 5.02 Å². The summed E-state index contributed by atoms with van der Waals surface area (Å²) >= 11 is 7.19. The van der Waals surface area contributed by atoms with Crippen molar-refractivity contribution in [3.8, 4) is 5.69 Å². The molecule has 0 saturated carbocycles. The number of aromatic amines is 2. The molecule has 2 heterocycles. The fourth-order valence-corrected chi connectivity index (χ4v) is 4.27. The Hall–Kier alpha value is -4.16. The van der Waals surface area contributed by atoms with Crippen molar-refractivity contribution in [3.63, 3.8) is 0 Å². The number of carbonyl (C=O) groups is 2. The molecule has 2 aromatic heterocycles. The Bertz CT molecular complexity index is 1500. The Morgan fingerprint density at radius 2 is 1.78 bits per heavy atom. The summed E-state index contributed by atoms with van der Waals surface area (Å²) in [6.45, 7) is 2.00. The molecule has 0 aliphatic carbocycles. The number of thioether (sulfide) groups is 1. The minimum absolute atomic E-state index is 0.0210. The second kappa shape index (κ2) is 11.7. The van der Waals surface area contributed by atoms with Crippen molar-refractivity contribution in [2.75, 3.05) is 17.7 Å². The molecule has 0 aliphatic heterocycles. The average Bonchev–Trinajstić information content (AvgIpc) is 3.25. The number of nitrogens with one attached hydrogen (secondary N) is 3. The van der Waals surface area contributed by atoms with Gasteiger partial charge in [-0.25, -0.2) is 9.59 Å². The lowest BCUT2D eigenvalue weighted by molar-refractivity contribution is -0.113. The van der Waals surface area contributed by atoms with E-state index in [4.69, 9.17) is 16.3 Å². The van der Waals surface area contributed by atoms with E-state index in [0.717, 1.165) is 11.8 Å². The molecule has 0 unspecified atom stereocenters. The SMILES string of the molecule is CCOC(=O)c1ccc(NC(=O)CSc2nnc(Cc3cc(=O)[nH]c(=O)[nH]3)n2-c2ccc(Cl)cc2)cc1. The van der Waals surface area contributed by atoms with E-state index in [2.05, 4.69) is 25.5 Å². The summed E-state index contributed by atoms with van der Waals surface area (Å²) in [5.41, 5.74) is 0.807. The number of amides is 1. The van der Waals surface area contributed by atoms with Crippen LogP contribution in [0.4, 0.5) is 5.69 Å². The minimum Gasteiger partial charge on any atom is -0.462 e. The summed E-state index contributed by atoms with van der Waals surface area (Å²) in [6, 6.07) is 14.6. The highest BCUT2D eigenvalue weighted by molar-refractivity contribution is 7.99. The topological polar surface area (TPSA) is 152 Å². The highest BCUT2D eigenvalue weighted by Gasteiger charge is 2.17. The summed E-state index contributed by atoms with van der Waals surface area (Å²) in [4.78, 5) is 52.5. The number of hydrogen-bond donors (Lipinski definition) is 3. The number of H-pyrrole nitrogens is 2. The van der Waals surface area contributed by atoms with E-state index < -0.39 is 17.2 Å². The first-order valence-corrected chi connectivity index (χ1v) is 12.4. The predicted octanol–water partition coefficient (Wildman–Crippen LogP) is 2.80. The Morgan fingerprint density at radius 1 is 1.05 bits per heavy atom. The first-order chi connectivity index (χ1) is 17.8. The first kappa shape index (κ1) is 25.9. The van der Waals surface area contributed by atoms with E-state index in [1.54, 1.807) is 60.0 Å². The fraction of sp³-hybridized carbons (Fsp3) is 0.167. The predicted molar refractivity (Wildman–Crippen MR) is 139 cm³/mol. The van der Waals surface area contributed by atoms with Crippen LogP contribution in [0.5, 0.6) is 0 Å². The van der Waals surface area contributed by atoms with Crippen molar-refractivity contribution >= 4 is 40.9 Å². The van der Waals surface area contributed by atoms with Gasteiger partial charge in [-0.15, -0.1) is 10.2 Å². The monoisotopic (exact) mass is 540 g/mol. The van der Waals surface area contributed by atoms with Crippen LogP contribution in [0.1, 0.15) is 28.8 Å². The van der Waals surface area contributed by atoms with Gasteiger partial charge in [-0.1, -0.05) is 23.4 Å². The van der Waals surface area contributed by atoms with Gasteiger partial charge in [0.1, 0.15) is 5.82 Å². The van der Waals surface area contributed by atoms with Gasteiger partial charge >= 0.3 is 11.7 Å². The van der Waals surface area contributed by atoms with Crippen molar-refractivity contribution in [2.24, 2.45) is 0 Å². The smallest absolute Gasteiger partial charge is 0.338 e. The van der Waals surface area contributed by atoms with Crippen LogP contribution in [0, 0.1) is 0 Å². The molecule has 11 nitrogen and oxygen atoms in total. The first-order valence-electron chi connectivity index (χ1n) is 11.0. The number of aromatic nitrogens is 5. The van der Waals surface area contributed by atoms with Gasteiger partial charge in [0.2, 0.25) is 5.91 Å². The maximum absolute atomic E-state index is 12.6. The minimum atomic E-state index is -0.624. The van der Waals surface area contributed by atoms with Gasteiger partial charge in [0.05, 0.1) is 17.9 Å². The van der Waals surface area contributed by atoms with Crippen molar-refractivity contribution < 1.29 is 14.3 Å². The van der Waals surface area contributed by atoms with Crippen molar-refractivity contribution in [3.05, 3.63) is 97.5 Å². The quantitative estimate of drug-likeness (QED) is 0.216. The Kier molecular flexibility index (Phi) is 8.21. The molecule has 0 fully saturated rings. The van der Waals surface area contributed by atoms with E-state index in [-0.39, 0.29) is 24.7 Å². The van der Waals surface area contributed by atoms with Crippen LogP contribution >= 0.6 is 23.4 Å². The number of halogens is 1. The van der Waals surface area contributed by atoms with Gasteiger partial charge in [0.15, 0.2) is 5.16 Å². The number of anilines is 1. The number of rotatable bonds is 9. The molecule has 4 rings (SSSR count). The lowest BCUT2D eigenvalue weighted by atomic mass is 10.2. The van der Waals surface area contributed by atoms with E-state index >= 15 is 0 Å². The standard InChI is InChI=1S/C24H21ClN6O5S/c1-2-36-22(34)14-3-7-16(8-4-14)26-21(33)13-37-24-30-29-19(11-17-12-20(32)28-23(35)27-17)31(24)18-9-5-15(25)6-10-18/h3-10,12H,2,11,13H2,1H3,(H,26,33)(H2,27,28,32,35). The fourth-order valence-electron chi connectivity index (χ4n) is 3.37. The van der Waals surface area contributed by atoms with E-state index in [1.165, 1.54) is 6.07 Å². The molecule has 190 valence electrons. The summed E-state index contributed by atoms with van der Waals surface area (Å²) in [7, 11) is 0. The molecule has 0 bridgehead atoms. The maximum atomic E-state index is 12.6. The number of benzene rings is 2. The van der Waals surface area contributed by atoms with Gasteiger partial charge in [-0.3, -0.25) is 19.1 Å². The molecular weight excluding hydrogens is 520 g/mol. The molecule has 4 aromatic rings. The van der Waals surface area contributed by atoms with Crippen LogP contribution in [0.25, 0.3) is 5.69 Å². The average molecular weight is 541 g/mol. The van der Waals surface area contributed by atoms with Gasteiger partial charge in [0.25, 0.3) is 5.56 Å². The van der Waals surface area contributed by atoms with Crippen LogP contribution in [0.15, 0.2) is 69.3 Å². The zero-order valence-electron chi connectivity index (χ0n) is 19.5. The second-order valence-electron chi connectivity index (χ2n) is 7.64. The Balaban J connectivity index is 1.51. The molecule has 0 spiro atoms. The van der Waals surface area contributed by atoms with Crippen molar-refractivity contribution in [1.82, 2.24) is 24.7 Å². The largest absolute Gasteiger partial charge is 0.462 e. The number of carbonyl (C=O) groups excluding carboxylic acids is 2. The molecule has 0 atom stereocenters. The highest BCUT2D eigenvalue weighted by atomic mass is 35.5. The third-order valence-electron chi connectivity index (χ3n) is 4.96. The molecule has 3 N–H and O–H groups in total. The number of hydrogen-bond acceptors (Lipinski definition) is 8. The summed E-state index contributed by atoms with van der Waals surface area (Å²) in [6.07, 6.45) is 0.119. The van der Waals surface area contributed by atoms with E-state index in [1.807, 2.05) is 0 Å². The van der Waals surface area contributed by atoms with Crippen LogP contribution in [-0.2, 0) is 16.0 Å². The third-order valence-corrected chi connectivity index (χ3v) is 6.14. The van der Waals surface area contributed by atoms with Gasteiger partial charge < -0.3 is 15.0 Å². The van der Waals surface area contributed by atoms with Crippen LogP contribution in [0.3, 0.4) is 0 Å². The zero-order chi connectivity index (χ0) is 26.4.